The Morgan fingerprint density at radius 3 is 2.53 bits per heavy atom. The molecule has 1 aromatic rings. The first kappa shape index (κ1) is 12.9. The van der Waals surface area contributed by atoms with Crippen LogP contribution < -0.4 is 0 Å². The third kappa shape index (κ3) is 1.90. The van der Waals surface area contributed by atoms with Crippen LogP contribution in [0, 0.1) is 0 Å². The Morgan fingerprint density at radius 2 is 1.94 bits per heavy atom. The first-order valence-corrected chi connectivity index (χ1v) is 7.24. The summed E-state index contributed by atoms with van der Waals surface area (Å²) in [7, 11) is -3.59. The van der Waals surface area contributed by atoms with Crippen LogP contribution in [0.1, 0.15) is 12.0 Å². The average Bonchev–Trinajstić information content (AvgIpc) is 2.23. The minimum absolute atomic E-state index is 0.229. The van der Waals surface area contributed by atoms with E-state index in [4.69, 9.17) is 0 Å². The highest BCUT2D eigenvalue weighted by atomic mass is 79.9. The molecule has 0 radical (unpaired) electrons. The Hall–Kier alpha value is -0.530. The predicted octanol–water partition coefficient (Wildman–Crippen LogP) is 2.04. The molecule has 0 bridgehead atoms. The fourth-order valence-electron chi connectivity index (χ4n) is 1.90. The van der Waals surface area contributed by atoms with Gasteiger partial charge in [0.05, 0.1) is 10.6 Å². The number of fused-ring (bicyclic) bond motifs is 1. The maximum absolute atomic E-state index is 13.4. The third-order valence-electron chi connectivity index (χ3n) is 2.87. The van der Waals surface area contributed by atoms with Gasteiger partial charge in [-0.05, 0) is 22.0 Å². The zero-order valence-electron chi connectivity index (χ0n) is 8.53. The van der Waals surface area contributed by atoms with Crippen molar-refractivity contribution in [3.05, 3.63) is 29.8 Å². The van der Waals surface area contributed by atoms with E-state index in [1.165, 1.54) is 24.3 Å². The van der Waals surface area contributed by atoms with Crippen molar-refractivity contribution in [3.63, 3.8) is 0 Å². The van der Waals surface area contributed by atoms with E-state index in [2.05, 4.69) is 15.9 Å². The number of hydrogen-bond acceptors (Lipinski definition) is 3. The van der Waals surface area contributed by atoms with Gasteiger partial charge in [-0.15, -0.1) is 0 Å². The van der Waals surface area contributed by atoms with Crippen LogP contribution in [0.4, 0.5) is 8.78 Å². The zero-order chi connectivity index (χ0) is 12.9. The van der Waals surface area contributed by atoms with Gasteiger partial charge in [-0.2, -0.15) is 8.78 Å². The lowest BCUT2D eigenvalue weighted by molar-refractivity contribution is -0.126. The first-order valence-electron chi connectivity index (χ1n) is 4.80. The molecule has 1 N–H and O–H groups in total. The maximum atomic E-state index is 13.4. The molecule has 1 atom stereocenters. The summed E-state index contributed by atoms with van der Waals surface area (Å²) in [5.74, 6) is -0.498. The number of rotatable bonds is 1. The largest absolute Gasteiger partial charge is 0.378 e. The zero-order valence-corrected chi connectivity index (χ0v) is 10.9. The summed E-state index contributed by atoms with van der Waals surface area (Å²) in [5, 5.41) is 10.0. The fourth-order valence-corrected chi connectivity index (χ4v) is 3.95. The van der Waals surface area contributed by atoms with Crippen molar-refractivity contribution >= 4 is 25.8 Å². The van der Waals surface area contributed by atoms with Crippen LogP contribution in [0.25, 0.3) is 0 Å². The molecule has 1 aromatic carbocycles. The van der Waals surface area contributed by atoms with Gasteiger partial charge in [0.25, 0.3) is 0 Å². The molecule has 1 aliphatic rings. The molecule has 2 rings (SSSR count). The van der Waals surface area contributed by atoms with E-state index in [0.29, 0.717) is 0 Å². The highest BCUT2D eigenvalue weighted by molar-refractivity contribution is 9.10. The average molecular weight is 327 g/mol. The van der Waals surface area contributed by atoms with Crippen molar-refractivity contribution < 1.29 is 22.3 Å². The second kappa shape index (κ2) is 3.73. The quantitative estimate of drug-likeness (QED) is 0.803. The van der Waals surface area contributed by atoms with Gasteiger partial charge in [-0.1, -0.05) is 18.2 Å². The molecule has 1 heterocycles. The standard InChI is InChI=1S/C10H9BrF2O3S/c11-10(12,13)9(14)5-6-17(15,16)8-4-2-1-3-7(8)9/h1-4,14H,5-6H2. The van der Waals surface area contributed by atoms with Gasteiger partial charge in [-0.25, -0.2) is 8.42 Å². The van der Waals surface area contributed by atoms with E-state index in [1.807, 2.05) is 0 Å². The molecule has 0 aromatic heterocycles. The van der Waals surface area contributed by atoms with Gasteiger partial charge in [0.15, 0.2) is 15.4 Å². The van der Waals surface area contributed by atoms with Crippen LogP contribution in [0.3, 0.4) is 0 Å². The number of alkyl halides is 3. The summed E-state index contributed by atoms with van der Waals surface area (Å²) in [4.78, 5) is -3.81. The van der Waals surface area contributed by atoms with E-state index in [9.17, 15) is 22.3 Å². The Bertz CT molecular complexity index is 553. The Morgan fingerprint density at radius 1 is 1.35 bits per heavy atom. The molecule has 0 aliphatic carbocycles. The summed E-state index contributed by atoms with van der Waals surface area (Å²) in [6.07, 6.45) is -0.537. The molecule has 0 fully saturated rings. The monoisotopic (exact) mass is 326 g/mol. The maximum Gasteiger partial charge on any atom is 0.333 e. The van der Waals surface area contributed by atoms with E-state index in [-0.39, 0.29) is 10.5 Å². The Kier molecular flexibility index (Phi) is 2.83. The smallest absolute Gasteiger partial charge is 0.333 e. The molecule has 3 nitrogen and oxygen atoms in total. The third-order valence-corrected chi connectivity index (χ3v) is 5.29. The summed E-state index contributed by atoms with van der Waals surface area (Å²) in [5.41, 5.74) is -2.75. The molecule has 7 heteroatoms. The van der Waals surface area contributed by atoms with Crippen LogP contribution in [0.2, 0.25) is 0 Å². The van der Waals surface area contributed by atoms with Crippen molar-refractivity contribution in [2.24, 2.45) is 0 Å². The predicted molar refractivity (Wildman–Crippen MR) is 60.9 cm³/mol. The van der Waals surface area contributed by atoms with Crippen molar-refractivity contribution in [3.8, 4) is 0 Å². The van der Waals surface area contributed by atoms with Crippen molar-refractivity contribution in [2.75, 3.05) is 5.75 Å². The van der Waals surface area contributed by atoms with Gasteiger partial charge >= 0.3 is 4.83 Å². The summed E-state index contributed by atoms with van der Waals surface area (Å²) in [6.45, 7) is 0. The molecule has 1 aliphatic heterocycles. The van der Waals surface area contributed by atoms with E-state index in [0.717, 1.165) is 0 Å². The summed E-state index contributed by atoms with van der Waals surface area (Å²) in [6, 6.07) is 5.30. The van der Waals surface area contributed by atoms with Crippen LogP contribution in [0.5, 0.6) is 0 Å². The van der Waals surface area contributed by atoms with Crippen LogP contribution in [0.15, 0.2) is 29.2 Å². The highest BCUT2D eigenvalue weighted by Gasteiger charge is 2.56. The lowest BCUT2D eigenvalue weighted by Gasteiger charge is -2.37. The van der Waals surface area contributed by atoms with Crippen molar-refractivity contribution in [1.29, 1.82) is 0 Å². The second-order valence-corrected chi connectivity index (χ2v) is 7.00. The number of benzene rings is 1. The van der Waals surface area contributed by atoms with Crippen LogP contribution >= 0.6 is 15.9 Å². The number of sulfone groups is 1. The van der Waals surface area contributed by atoms with Gasteiger partial charge in [-0.3, -0.25) is 0 Å². The number of hydrogen-bond donors (Lipinski definition) is 1. The van der Waals surface area contributed by atoms with Crippen molar-refractivity contribution in [2.45, 2.75) is 21.7 Å². The minimum Gasteiger partial charge on any atom is -0.378 e. The Balaban J connectivity index is 2.73. The summed E-state index contributed by atoms with van der Waals surface area (Å²) >= 11 is 2.13. The molecule has 94 valence electrons. The number of aliphatic hydroxyl groups is 1. The fraction of sp³-hybridized carbons (Fsp3) is 0.400. The second-order valence-electron chi connectivity index (χ2n) is 3.92. The molecule has 0 saturated carbocycles. The molecule has 0 amide bonds. The van der Waals surface area contributed by atoms with Gasteiger partial charge in [0.2, 0.25) is 0 Å². The van der Waals surface area contributed by atoms with E-state index < -0.39 is 32.4 Å². The lowest BCUT2D eigenvalue weighted by atomic mass is 9.91. The SMILES string of the molecule is O=S1(=O)CCC(O)(C(F)(F)Br)c2ccccc21. The topological polar surface area (TPSA) is 54.4 Å². The van der Waals surface area contributed by atoms with Gasteiger partial charge in [0.1, 0.15) is 0 Å². The van der Waals surface area contributed by atoms with E-state index in [1.54, 1.807) is 0 Å². The molecule has 0 spiro atoms. The first-order chi connectivity index (χ1) is 7.68. The lowest BCUT2D eigenvalue weighted by Crippen LogP contribution is -2.46. The molecule has 17 heavy (non-hydrogen) atoms. The molecule has 0 saturated heterocycles. The Labute approximate surface area is 106 Å². The van der Waals surface area contributed by atoms with E-state index >= 15 is 0 Å². The minimum atomic E-state index is -3.59. The highest BCUT2D eigenvalue weighted by Crippen LogP contribution is 2.49. The number of halogens is 3. The van der Waals surface area contributed by atoms with Crippen LogP contribution in [-0.4, -0.2) is 24.1 Å². The van der Waals surface area contributed by atoms with Crippen molar-refractivity contribution in [1.82, 2.24) is 0 Å². The van der Waals surface area contributed by atoms with Gasteiger partial charge in [0, 0.05) is 12.0 Å². The van der Waals surface area contributed by atoms with Gasteiger partial charge < -0.3 is 5.11 Å². The summed E-state index contributed by atoms with van der Waals surface area (Å²) < 4.78 is 50.2. The normalized spacial score (nSPS) is 27.5. The molecule has 1 unspecified atom stereocenters. The van der Waals surface area contributed by atoms with Crippen LogP contribution in [-0.2, 0) is 15.4 Å². The molecular weight excluding hydrogens is 318 g/mol. The molecular formula is C10H9BrF2O3S.